The van der Waals surface area contributed by atoms with Crippen LogP contribution in [0.25, 0.3) is 0 Å². The van der Waals surface area contributed by atoms with Gasteiger partial charge in [-0.2, -0.15) is 0 Å². The second-order valence-electron chi connectivity index (χ2n) is 12.2. The van der Waals surface area contributed by atoms with Crippen LogP contribution in [-0.2, 0) is 14.2 Å². The van der Waals surface area contributed by atoms with Crippen LogP contribution in [-0.4, -0.2) is 39.6 Å². The summed E-state index contributed by atoms with van der Waals surface area (Å²) >= 11 is 0. The van der Waals surface area contributed by atoms with Crippen molar-refractivity contribution in [2.75, 3.05) is 33.5 Å². The molecule has 0 aromatic rings. The lowest BCUT2D eigenvalue weighted by Crippen LogP contribution is -2.26. The Morgan fingerprint density at radius 2 is 0.667 bits per heavy atom. The summed E-state index contributed by atoms with van der Waals surface area (Å²) in [4.78, 5) is 0. The number of rotatable bonds is 35. The molecule has 0 saturated carbocycles. The molecule has 1 unspecified atom stereocenters. The Morgan fingerprint density at radius 3 is 1.00 bits per heavy atom. The number of hydrogen-bond donors (Lipinski definition) is 0. The van der Waals surface area contributed by atoms with Crippen LogP contribution in [0.15, 0.2) is 0 Å². The molecule has 0 aromatic heterocycles. The van der Waals surface area contributed by atoms with E-state index >= 15 is 0 Å². The first kappa shape index (κ1) is 38.9. The smallest absolute Gasteiger partial charge is 0.104 e. The van der Waals surface area contributed by atoms with Crippen LogP contribution in [0.2, 0.25) is 0 Å². The van der Waals surface area contributed by atoms with Gasteiger partial charge >= 0.3 is 0 Å². The fraction of sp³-hybridized carbons (Fsp3) is 1.00. The quantitative estimate of drug-likeness (QED) is 0.0729. The minimum atomic E-state index is 0.0867. The van der Waals surface area contributed by atoms with Gasteiger partial charge in [-0.3, -0.25) is 0 Å². The molecule has 0 rings (SSSR count). The normalized spacial score (nSPS) is 12.4. The molecule has 0 aromatic carbocycles. The molecule has 0 N–H and O–H groups in total. The van der Waals surface area contributed by atoms with E-state index in [1.165, 1.54) is 173 Å². The van der Waals surface area contributed by atoms with Gasteiger partial charge in [0, 0.05) is 20.3 Å². The van der Waals surface area contributed by atoms with Gasteiger partial charge in [0.15, 0.2) is 0 Å². The van der Waals surface area contributed by atoms with Crippen molar-refractivity contribution in [1.82, 2.24) is 0 Å². The molecule has 0 aliphatic heterocycles. The maximum absolute atomic E-state index is 6.06. The van der Waals surface area contributed by atoms with Gasteiger partial charge in [0.1, 0.15) is 6.10 Å². The SMILES string of the molecule is CCCCCCCCCCCCCCCCOCC(COC)OCCCCCCCCCCCCCCCC. The molecule has 0 amide bonds. The predicted octanol–water partition coefficient (Wildman–Crippen LogP) is 12.0. The summed E-state index contributed by atoms with van der Waals surface area (Å²) in [6.45, 7) is 7.60. The Balaban J connectivity index is 3.35. The Kier molecular flexibility index (Phi) is 35.8. The molecular weight excluding hydrogens is 480 g/mol. The van der Waals surface area contributed by atoms with Crippen LogP contribution in [0.4, 0.5) is 0 Å². The lowest BCUT2D eigenvalue weighted by Gasteiger charge is -2.17. The third-order valence-electron chi connectivity index (χ3n) is 8.15. The summed E-state index contributed by atoms with van der Waals surface area (Å²) in [6.07, 6.45) is 39.1. The van der Waals surface area contributed by atoms with E-state index in [1.807, 2.05) is 0 Å². The Hall–Kier alpha value is -0.120. The molecule has 0 aliphatic rings. The molecule has 1 atom stereocenters. The lowest BCUT2D eigenvalue weighted by molar-refractivity contribution is -0.0525. The molecule has 0 spiro atoms. The number of ether oxygens (including phenoxy) is 3. The first-order chi connectivity index (χ1) is 19.3. The average molecular weight is 555 g/mol. The zero-order valence-electron chi connectivity index (χ0n) is 27.4. The summed E-state index contributed by atoms with van der Waals surface area (Å²) in [5.74, 6) is 0. The molecule has 0 bridgehead atoms. The van der Waals surface area contributed by atoms with Crippen LogP contribution in [0, 0.1) is 0 Å². The van der Waals surface area contributed by atoms with Crippen molar-refractivity contribution in [3.63, 3.8) is 0 Å². The van der Waals surface area contributed by atoms with Crippen molar-refractivity contribution >= 4 is 0 Å². The summed E-state index contributed by atoms with van der Waals surface area (Å²) < 4.78 is 17.3. The van der Waals surface area contributed by atoms with E-state index in [2.05, 4.69) is 13.8 Å². The van der Waals surface area contributed by atoms with Crippen molar-refractivity contribution in [3.05, 3.63) is 0 Å². The van der Waals surface area contributed by atoms with Gasteiger partial charge in [-0.1, -0.05) is 181 Å². The zero-order chi connectivity index (χ0) is 28.3. The van der Waals surface area contributed by atoms with Gasteiger partial charge in [-0.25, -0.2) is 0 Å². The Morgan fingerprint density at radius 1 is 0.359 bits per heavy atom. The van der Waals surface area contributed by atoms with E-state index in [1.54, 1.807) is 7.11 Å². The number of hydrogen-bond acceptors (Lipinski definition) is 3. The first-order valence-corrected chi connectivity index (χ1v) is 18.0. The molecule has 0 aliphatic carbocycles. The fourth-order valence-electron chi connectivity index (χ4n) is 5.49. The highest BCUT2D eigenvalue weighted by Crippen LogP contribution is 2.14. The highest BCUT2D eigenvalue weighted by molar-refractivity contribution is 4.57. The standard InChI is InChI=1S/C36H74O3/c1-4-6-8-10-12-14-16-18-20-22-24-26-28-30-32-38-35-36(34-37-3)39-33-31-29-27-25-23-21-19-17-15-13-11-9-7-5-2/h36H,4-35H2,1-3H3. The van der Waals surface area contributed by atoms with E-state index in [4.69, 9.17) is 14.2 Å². The first-order valence-electron chi connectivity index (χ1n) is 18.0. The van der Waals surface area contributed by atoms with E-state index in [0.717, 1.165) is 19.6 Å². The molecule has 0 heterocycles. The molecule has 0 fully saturated rings. The summed E-state index contributed by atoms with van der Waals surface area (Å²) in [5, 5.41) is 0. The molecule has 3 nitrogen and oxygen atoms in total. The Labute approximate surface area is 247 Å². The topological polar surface area (TPSA) is 27.7 Å². The maximum Gasteiger partial charge on any atom is 0.104 e. The van der Waals surface area contributed by atoms with Gasteiger partial charge in [-0.15, -0.1) is 0 Å². The highest BCUT2D eigenvalue weighted by Gasteiger charge is 2.09. The van der Waals surface area contributed by atoms with Gasteiger partial charge in [0.25, 0.3) is 0 Å². The predicted molar refractivity (Wildman–Crippen MR) is 173 cm³/mol. The lowest BCUT2D eigenvalue weighted by atomic mass is 10.0. The number of unbranched alkanes of at least 4 members (excludes halogenated alkanes) is 26. The molecule has 0 saturated heterocycles. The van der Waals surface area contributed by atoms with E-state index in [0.29, 0.717) is 13.2 Å². The average Bonchev–Trinajstić information content (AvgIpc) is 2.94. The summed E-state index contributed by atoms with van der Waals surface area (Å²) in [7, 11) is 1.76. The van der Waals surface area contributed by atoms with Crippen LogP contribution in [0.1, 0.15) is 194 Å². The molecular formula is C36H74O3. The molecule has 0 radical (unpaired) electrons. The third-order valence-corrected chi connectivity index (χ3v) is 8.15. The zero-order valence-corrected chi connectivity index (χ0v) is 27.4. The third kappa shape index (κ3) is 34.0. The minimum absolute atomic E-state index is 0.0867. The van der Waals surface area contributed by atoms with Crippen molar-refractivity contribution in [3.8, 4) is 0 Å². The maximum atomic E-state index is 6.06. The van der Waals surface area contributed by atoms with Crippen LogP contribution in [0.3, 0.4) is 0 Å². The van der Waals surface area contributed by atoms with Gasteiger partial charge in [0.2, 0.25) is 0 Å². The summed E-state index contributed by atoms with van der Waals surface area (Å²) in [6, 6.07) is 0. The molecule has 236 valence electrons. The van der Waals surface area contributed by atoms with Crippen molar-refractivity contribution in [2.45, 2.75) is 200 Å². The monoisotopic (exact) mass is 555 g/mol. The second-order valence-corrected chi connectivity index (χ2v) is 12.2. The molecule has 39 heavy (non-hydrogen) atoms. The Bertz CT molecular complexity index is 414. The van der Waals surface area contributed by atoms with E-state index in [9.17, 15) is 0 Å². The van der Waals surface area contributed by atoms with E-state index in [-0.39, 0.29) is 6.10 Å². The minimum Gasteiger partial charge on any atom is -0.382 e. The largest absolute Gasteiger partial charge is 0.382 e. The number of methoxy groups -OCH3 is 1. The summed E-state index contributed by atoms with van der Waals surface area (Å²) in [5.41, 5.74) is 0. The van der Waals surface area contributed by atoms with Gasteiger partial charge in [0.05, 0.1) is 13.2 Å². The van der Waals surface area contributed by atoms with Crippen molar-refractivity contribution in [2.24, 2.45) is 0 Å². The van der Waals surface area contributed by atoms with Crippen molar-refractivity contribution in [1.29, 1.82) is 0 Å². The highest BCUT2D eigenvalue weighted by atomic mass is 16.6. The van der Waals surface area contributed by atoms with Gasteiger partial charge < -0.3 is 14.2 Å². The van der Waals surface area contributed by atoms with Crippen LogP contribution < -0.4 is 0 Å². The van der Waals surface area contributed by atoms with E-state index < -0.39 is 0 Å². The van der Waals surface area contributed by atoms with Crippen molar-refractivity contribution < 1.29 is 14.2 Å². The van der Waals surface area contributed by atoms with Gasteiger partial charge in [-0.05, 0) is 12.8 Å². The second kappa shape index (κ2) is 35.9. The van der Waals surface area contributed by atoms with Crippen LogP contribution in [0.5, 0.6) is 0 Å². The van der Waals surface area contributed by atoms with Crippen LogP contribution >= 0.6 is 0 Å². The molecule has 3 heteroatoms. The fourth-order valence-corrected chi connectivity index (χ4v) is 5.49.